The Morgan fingerprint density at radius 2 is 2.19 bits per heavy atom. The second-order valence-corrected chi connectivity index (χ2v) is 6.04. The van der Waals surface area contributed by atoms with Crippen molar-refractivity contribution in [3.8, 4) is 0 Å². The lowest BCUT2D eigenvalue weighted by Crippen LogP contribution is -2.27. The van der Waals surface area contributed by atoms with Crippen molar-refractivity contribution in [3.63, 3.8) is 0 Å². The molecule has 0 radical (unpaired) electrons. The van der Waals surface area contributed by atoms with Gasteiger partial charge in [-0.05, 0) is 50.4 Å². The zero-order valence-electron chi connectivity index (χ0n) is 11.9. The highest BCUT2D eigenvalue weighted by Crippen LogP contribution is 2.31. The van der Waals surface area contributed by atoms with Crippen LogP contribution in [0.5, 0.6) is 0 Å². The molecule has 0 aromatic heterocycles. The lowest BCUT2D eigenvalue weighted by atomic mass is 10.1. The number of nitro benzene ring substituents is 1. The Kier molecular flexibility index (Phi) is 4.17. The monoisotopic (exact) mass is 293 g/mol. The largest absolute Gasteiger partial charge is 0.312 e. The topological polar surface area (TPSA) is 58.4 Å². The van der Waals surface area contributed by atoms with Gasteiger partial charge in [-0.25, -0.2) is 4.39 Å². The Morgan fingerprint density at radius 1 is 1.38 bits per heavy atom. The molecular weight excluding hydrogens is 273 g/mol. The van der Waals surface area contributed by atoms with E-state index in [1.54, 1.807) is 0 Å². The van der Waals surface area contributed by atoms with E-state index < -0.39 is 10.7 Å². The average Bonchev–Trinajstić information content (AvgIpc) is 3.19. The highest BCUT2D eigenvalue weighted by molar-refractivity contribution is 5.40. The van der Waals surface area contributed by atoms with E-state index >= 15 is 0 Å². The molecule has 114 valence electrons. The van der Waals surface area contributed by atoms with Crippen LogP contribution in [0.15, 0.2) is 18.2 Å². The molecule has 1 aliphatic heterocycles. The Morgan fingerprint density at radius 3 is 2.90 bits per heavy atom. The zero-order chi connectivity index (χ0) is 14.8. The molecule has 2 aliphatic rings. The van der Waals surface area contributed by atoms with Gasteiger partial charge in [-0.2, -0.15) is 0 Å². The van der Waals surface area contributed by atoms with Crippen molar-refractivity contribution >= 4 is 5.69 Å². The third kappa shape index (κ3) is 3.57. The highest BCUT2D eigenvalue weighted by Gasteiger charge is 2.34. The zero-order valence-corrected chi connectivity index (χ0v) is 11.9. The van der Waals surface area contributed by atoms with Gasteiger partial charge in [-0.1, -0.05) is 0 Å². The number of hydrogen-bond acceptors (Lipinski definition) is 4. The first-order valence-corrected chi connectivity index (χ1v) is 7.51. The van der Waals surface area contributed by atoms with Gasteiger partial charge in [0.2, 0.25) is 0 Å². The van der Waals surface area contributed by atoms with Crippen molar-refractivity contribution in [2.45, 2.75) is 31.8 Å². The summed E-state index contributed by atoms with van der Waals surface area (Å²) >= 11 is 0. The molecule has 0 spiro atoms. The molecular formula is C15H20FN3O2. The fraction of sp³-hybridized carbons (Fsp3) is 0.600. The maximum atomic E-state index is 13.2. The van der Waals surface area contributed by atoms with Crippen molar-refractivity contribution in [1.82, 2.24) is 10.2 Å². The van der Waals surface area contributed by atoms with Crippen LogP contribution in [0.3, 0.4) is 0 Å². The standard InChI is InChI=1S/C15H20FN3O2/c16-13-1-4-15(19(20)21)12(7-13)9-17-8-11-5-6-18(10-11)14-2-3-14/h1,4,7,11,14,17H,2-3,5-6,8-10H2. The number of benzene rings is 1. The SMILES string of the molecule is O=[N+]([O-])c1ccc(F)cc1CNCC1CCN(C2CC2)C1. The second kappa shape index (κ2) is 6.07. The van der Waals surface area contributed by atoms with E-state index in [9.17, 15) is 14.5 Å². The number of nitro groups is 1. The van der Waals surface area contributed by atoms with Crippen LogP contribution in [0.2, 0.25) is 0 Å². The first-order chi connectivity index (χ1) is 10.1. The summed E-state index contributed by atoms with van der Waals surface area (Å²) in [6.07, 6.45) is 3.83. The molecule has 21 heavy (non-hydrogen) atoms. The maximum absolute atomic E-state index is 13.2. The van der Waals surface area contributed by atoms with E-state index in [2.05, 4.69) is 10.2 Å². The normalized spacial score (nSPS) is 22.6. The van der Waals surface area contributed by atoms with Crippen molar-refractivity contribution in [3.05, 3.63) is 39.7 Å². The third-order valence-electron chi connectivity index (χ3n) is 4.37. The Bertz CT molecular complexity index is 534. The third-order valence-corrected chi connectivity index (χ3v) is 4.37. The van der Waals surface area contributed by atoms with Crippen LogP contribution in [0, 0.1) is 21.8 Å². The van der Waals surface area contributed by atoms with Crippen LogP contribution in [-0.4, -0.2) is 35.5 Å². The molecule has 1 saturated heterocycles. The van der Waals surface area contributed by atoms with Gasteiger partial charge in [0.15, 0.2) is 0 Å². The lowest BCUT2D eigenvalue weighted by Gasteiger charge is -2.15. The van der Waals surface area contributed by atoms with E-state index in [0.29, 0.717) is 18.0 Å². The summed E-state index contributed by atoms with van der Waals surface area (Å²) < 4.78 is 13.2. The van der Waals surface area contributed by atoms with Crippen LogP contribution >= 0.6 is 0 Å². The highest BCUT2D eigenvalue weighted by atomic mass is 19.1. The van der Waals surface area contributed by atoms with Gasteiger partial charge < -0.3 is 10.2 Å². The van der Waals surface area contributed by atoms with Crippen LogP contribution in [-0.2, 0) is 6.54 Å². The van der Waals surface area contributed by atoms with E-state index in [0.717, 1.165) is 31.7 Å². The fourth-order valence-electron chi connectivity index (χ4n) is 3.09. The lowest BCUT2D eigenvalue weighted by molar-refractivity contribution is -0.385. The molecule has 0 amide bonds. The van der Waals surface area contributed by atoms with Crippen molar-refractivity contribution in [2.24, 2.45) is 5.92 Å². The molecule has 1 aromatic carbocycles. The molecule has 1 N–H and O–H groups in total. The van der Waals surface area contributed by atoms with E-state index in [1.807, 2.05) is 0 Å². The van der Waals surface area contributed by atoms with Crippen molar-refractivity contribution < 1.29 is 9.31 Å². The van der Waals surface area contributed by atoms with E-state index in [-0.39, 0.29) is 5.69 Å². The molecule has 3 rings (SSSR count). The minimum absolute atomic E-state index is 0.0186. The van der Waals surface area contributed by atoms with Gasteiger partial charge in [0.1, 0.15) is 5.82 Å². The van der Waals surface area contributed by atoms with Crippen LogP contribution in [0.25, 0.3) is 0 Å². The van der Waals surface area contributed by atoms with Crippen molar-refractivity contribution in [2.75, 3.05) is 19.6 Å². The summed E-state index contributed by atoms with van der Waals surface area (Å²) in [6, 6.07) is 4.42. The van der Waals surface area contributed by atoms with Gasteiger partial charge in [-0.15, -0.1) is 0 Å². The van der Waals surface area contributed by atoms with Gasteiger partial charge >= 0.3 is 0 Å². The molecule has 1 unspecified atom stereocenters. The van der Waals surface area contributed by atoms with Gasteiger partial charge in [-0.3, -0.25) is 10.1 Å². The number of hydrogen-bond donors (Lipinski definition) is 1. The number of likely N-dealkylation sites (tertiary alicyclic amines) is 1. The molecule has 1 aromatic rings. The summed E-state index contributed by atoms with van der Waals surface area (Å²) in [7, 11) is 0. The Hall–Kier alpha value is -1.53. The summed E-state index contributed by atoms with van der Waals surface area (Å²) in [5.74, 6) is 0.163. The molecule has 1 saturated carbocycles. The van der Waals surface area contributed by atoms with Crippen molar-refractivity contribution in [1.29, 1.82) is 0 Å². The number of halogens is 1. The molecule has 1 atom stereocenters. The number of rotatable bonds is 6. The summed E-state index contributed by atoms with van der Waals surface area (Å²) in [6.45, 7) is 3.45. The smallest absolute Gasteiger partial charge is 0.274 e. The predicted molar refractivity (Wildman–Crippen MR) is 77.5 cm³/mol. The van der Waals surface area contributed by atoms with Gasteiger partial charge in [0, 0.05) is 30.8 Å². The molecule has 0 bridgehead atoms. The predicted octanol–water partition coefficient (Wildman–Crippen LogP) is 2.31. The summed E-state index contributed by atoms with van der Waals surface area (Å²) in [4.78, 5) is 13.0. The van der Waals surface area contributed by atoms with E-state index in [4.69, 9.17) is 0 Å². The number of nitrogens with one attached hydrogen (secondary N) is 1. The minimum Gasteiger partial charge on any atom is -0.312 e. The van der Waals surface area contributed by atoms with Crippen LogP contribution in [0.4, 0.5) is 10.1 Å². The summed E-state index contributed by atoms with van der Waals surface area (Å²) in [5.41, 5.74) is 0.395. The minimum atomic E-state index is -0.457. The number of nitrogens with zero attached hydrogens (tertiary/aromatic N) is 2. The fourth-order valence-corrected chi connectivity index (χ4v) is 3.09. The molecule has 1 aliphatic carbocycles. The average molecular weight is 293 g/mol. The molecule has 6 heteroatoms. The quantitative estimate of drug-likeness (QED) is 0.646. The first kappa shape index (κ1) is 14.4. The molecule has 5 nitrogen and oxygen atoms in total. The van der Waals surface area contributed by atoms with Crippen LogP contribution in [0.1, 0.15) is 24.8 Å². The van der Waals surface area contributed by atoms with Gasteiger partial charge in [0.25, 0.3) is 5.69 Å². The first-order valence-electron chi connectivity index (χ1n) is 7.51. The van der Waals surface area contributed by atoms with E-state index in [1.165, 1.54) is 31.4 Å². The van der Waals surface area contributed by atoms with Gasteiger partial charge in [0.05, 0.1) is 4.92 Å². The maximum Gasteiger partial charge on any atom is 0.274 e. The Labute approximate surface area is 123 Å². The molecule has 2 fully saturated rings. The summed E-state index contributed by atoms with van der Waals surface area (Å²) in [5, 5.41) is 14.2. The Balaban J connectivity index is 1.51. The molecule has 1 heterocycles. The second-order valence-electron chi connectivity index (χ2n) is 6.04. The van der Waals surface area contributed by atoms with Crippen LogP contribution < -0.4 is 5.32 Å².